The molecule has 1 aliphatic heterocycles. The highest BCUT2D eigenvalue weighted by atomic mass is 32.2. The van der Waals surface area contributed by atoms with Gasteiger partial charge in [-0.1, -0.05) is 0 Å². The van der Waals surface area contributed by atoms with Gasteiger partial charge in [0.2, 0.25) is 0 Å². The Kier molecular flexibility index (Phi) is 8.15. The second kappa shape index (κ2) is 10.1. The Morgan fingerprint density at radius 2 is 2.08 bits per heavy atom. The Balaban J connectivity index is 1.75. The van der Waals surface area contributed by atoms with Gasteiger partial charge in [0.15, 0.2) is 0 Å². The maximum atomic E-state index is 12.4. The first kappa shape index (κ1) is 21.0. The molecule has 146 valence electrons. The fraction of sp³-hybridized carbons (Fsp3) is 0.737. The standard InChI is InChI=1S/C19H31N3O3S/c1-19(2,3)25-18(23)22-12-6-5-8-15(22)9-7-13-24-14-16-17(26-4)21-11-10-20-16/h10-11,15H,5-9,12-14H2,1-4H3. The molecule has 7 heteroatoms. The molecule has 26 heavy (non-hydrogen) atoms. The summed E-state index contributed by atoms with van der Waals surface area (Å²) < 4.78 is 11.3. The maximum absolute atomic E-state index is 12.4. The smallest absolute Gasteiger partial charge is 0.410 e. The van der Waals surface area contributed by atoms with Crippen molar-refractivity contribution < 1.29 is 14.3 Å². The monoisotopic (exact) mass is 381 g/mol. The summed E-state index contributed by atoms with van der Waals surface area (Å²) in [6.07, 6.45) is 10.3. The van der Waals surface area contributed by atoms with E-state index in [0.29, 0.717) is 13.2 Å². The molecule has 1 aromatic heterocycles. The largest absolute Gasteiger partial charge is 0.444 e. The summed E-state index contributed by atoms with van der Waals surface area (Å²) in [6.45, 7) is 7.65. The van der Waals surface area contributed by atoms with E-state index < -0.39 is 5.60 Å². The number of hydrogen-bond donors (Lipinski definition) is 0. The second-order valence-corrected chi connectivity index (χ2v) is 8.33. The highest BCUT2D eigenvalue weighted by molar-refractivity contribution is 7.98. The van der Waals surface area contributed by atoms with E-state index >= 15 is 0 Å². The van der Waals surface area contributed by atoms with E-state index in [-0.39, 0.29) is 12.1 Å². The molecule has 1 aliphatic rings. The minimum Gasteiger partial charge on any atom is -0.444 e. The van der Waals surface area contributed by atoms with Gasteiger partial charge in [-0.3, -0.25) is 4.98 Å². The number of carbonyl (C=O) groups is 1. The Hall–Kier alpha value is -1.34. The van der Waals surface area contributed by atoms with Crippen LogP contribution in [0.4, 0.5) is 4.79 Å². The van der Waals surface area contributed by atoms with Crippen LogP contribution in [0.2, 0.25) is 0 Å². The summed E-state index contributed by atoms with van der Waals surface area (Å²) in [5, 5.41) is 0.913. The van der Waals surface area contributed by atoms with Crippen molar-refractivity contribution in [3.05, 3.63) is 18.1 Å². The van der Waals surface area contributed by atoms with E-state index in [4.69, 9.17) is 9.47 Å². The highest BCUT2D eigenvalue weighted by Gasteiger charge is 2.29. The molecular weight excluding hydrogens is 350 g/mol. The van der Waals surface area contributed by atoms with E-state index in [1.165, 1.54) is 6.42 Å². The van der Waals surface area contributed by atoms with E-state index in [9.17, 15) is 4.79 Å². The normalized spacial score (nSPS) is 18.0. The van der Waals surface area contributed by atoms with Crippen molar-refractivity contribution in [2.75, 3.05) is 19.4 Å². The number of ether oxygens (including phenoxy) is 2. The van der Waals surface area contributed by atoms with E-state index in [2.05, 4.69) is 9.97 Å². The summed E-state index contributed by atoms with van der Waals surface area (Å²) >= 11 is 1.58. The molecule has 6 nitrogen and oxygen atoms in total. The molecule has 0 aliphatic carbocycles. The Morgan fingerprint density at radius 3 is 2.81 bits per heavy atom. The van der Waals surface area contributed by atoms with Crippen LogP contribution in [0.15, 0.2) is 17.4 Å². The van der Waals surface area contributed by atoms with Gasteiger partial charge in [0.25, 0.3) is 0 Å². The van der Waals surface area contributed by atoms with E-state index in [1.807, 2.05) is 31.9 Å². The number of carbonyl (C=O) groups excluding carboxylic acids is 1. The van der Waals surface area contributed by atoms with Gasteiger partial charge in [0, 0.05) is 31.6 Å². The van der Waals surface area contributed by atoms with Gasteiger partial charge in [-0.25, -0.2) is 9.78 Å². The molecule has 1 aromatic rings. The molecule has 0 aromatic carbocycles. The SMILES string of the molecule is CSc1nccnc1COCCCC1CCCCN1C(=O)OC(C)(C)C. The van der Waals surface area contributed by atoms with Crippen LogP contribution < -0.4 is 0 Å². The zero-order chi connectivity index (χ0) is 19.0. The van der Waals surface area contributed by atoms with Crippen LogP contribution in [0.1, 0.15) is 58.6 Å². The predicted octanol–water partition coefficient (Wildman–Crippen LogP) is 4.28. The Morgan fingerprint density at radius 1 is 1.31 bits per heavy atom. The van der Waals surface area contributed by atoms with Crippen LogP contribution in [0, 0.1) is 0 Å². The van der Waals surface area contributed by atoms with Crippen LogP contribution in [0.25, 0.3) is 0 Å². The van der Waals surface area contributed by atoms with Gasteiger partial charge in [0.05, 0.1) is 12.3 Å². The van der Waals surface area contributed by atoms with Crippen LogP contribution in [-0.4, -0.2) is 52.0 Å². The third-order valence-electron chi connectivity index (χ3n) is 4.25. The Bertz CT molecular complexity index is 577. The first-order valence-corrected chi connectivity index (χ1v) is 10.5. The number of aromatic nitrogens is 2. The fourth-order valence-corrected chi connectivity index (χ4v) is 3.59. The number of likely N-dealkylation sites (tertiary alicyclic amines) is 1. The average Bonchev–Trinajstić information content (AvgIpc) is 2.60. The van der Waals surface area contributed by atoms with Crippen molar-refractivity contribution >= 4 is 17.9 Å². The van der Waals surface area contributed by atoms with Crippen LogP contribution in [0.3, 0.4) is 0 Å². The number of thioether (sulfide) groups is 1. The van der Waals surface area contributed by atoms with Crippen molar-refractivity contribution in [3.63, 3.8) is 0 Å². The topological polar surface area (TPSA) is 64.6 Å². The quantitative estimate of drug-likeness (QED) is 0.519. The number of piperidine rings is 1. The maximum Gasteiger partial charge on any atom is 0.410 e. The third-order valence-corrected chi connectivity index (χ3v) is 4.98. The van der Waals surface area contributed by atoms with Crippen LogP contribution in [-0.2, 0) is 16.1 Å². The van der Waals surface area contributed by atoms with Crippen molar-refractivity contribution in [1.29, 1.82) is 0 Å². The van der Waals surface area contributed by atoms with Crippen molar-refractivity contribution in [2.45, 2.75) is 76.2 Å². The number of rotatable bonds is 7. The molecule has 0 radical (unpaired) electrons. The molecule has 1 amide bonds. The number of hydrogen-bond acceptors (Lipinski definition) is 6. The predicted molar refractivity (Wildman–Crippen MR) is 103 cm³/mol. The van der Waals surface area contributed by atoms with Gasteiger partial charge in [-0.15, -0.1) is 11.8 Å². The molecule has 0 spiro atoms. The van der Waals surface area contributed by atoms with Gasteiger partial charge in [0.1, 0.15) is 10.6 Å². The van der Waals surface area contributed by atoms with Crippen molar-refractivity contribution in [1.82, 2.24) is 14.9 Å². The summed E-state index contributed by atoms with van der Waals surface area (Å²) in [6, 6.07) is 0.250. The first-order valence-electron chi connectivity index (χ1n) is 9.32. The molecule has 2 rings (SSSR count). The third kappa shape index (κ3) is 6.76. The molecule has 1 saturated heterocycles. The van der Waals surface area contributed by atoms with Crippen molar-refractivity contribution in [2.24, 2.45) is 0 Å². The molecule has 1 fully saturated rings. The van der Waals surface area contributed by atoms with Crippen LogP contribution in [0.5, 0.6) is 0 Å². The Labute approximate surface area is 161 Å². The lowest BCUT2D eigenvalue weighted by molar-refractivity contribution is 0.00721. The molecule has 2 heterocycles. The number of nitrogens with zero attached hydrogens (tertiary/aromatic N) is 3. The van der Waals surface area contributed by atoms with Crippen molar-refractivity contribution in [3.8, 4) is 0 Å². The highest BCUT2D eigenvalue weighted by Crippen LogP contribution is 2.23. The lowest BCUT2D eigenvalue weighted by Gasteiger charge is -2.36. The van der Waals surface area contributed by atoms with E-state index in [0.717, 1.165) is 42.9 Å². The van der Waals surface area contributed by atoms with Gasteiger partial charge < -0.3 is 14.4 Å². The molecule has 1 unspecified atom stereocenters. The van der Waals surface area contributed by atoms with Gasteiger partial charge in [-0.2, -0.15) is 0 Å². The summed E-state index contributed by atoms with van der Waals surface area (Å²) in [7, 11) is 0. The molecular formula is C19H31N3O3S. The fourth-order valence-electron chi connectivity index (χ4n) is 3.08. The molecule has 0 N–H and O–H groups in total. The lowest BCUT2D eigenvalue weighted by Crippen LogP contribution is -2.46. The first-order chi connectivity index (χ1) is 12.4. The average molecular weight is 382 g/mol. The number of amides is 1. The molecule has 0 bridgehead atoms. The molecule has 1 atom stereocenters. The zero-order valence-corrected chi connectivity index (χ0v) is 17.2. The second-order valence-electron chi connectivity index (χ2n) is 7.53. The lowest BCUT2D eigenvalue weighted by atomic mass is 9.98. The van der Waals surface area contributed by atoms with Gasteiger partial charge >= 0.3 is 6.09 Å². The summed E-state index contributed by atoms with van der Waals surface area (Å²) in [5.41, 5.74) is 0.432. The van der Waals surface area contributed by atoms with Crippen LogP contribution >= 0.6 is 11.8 Å². The van der Waals surface area contributed by atoms with E-state index in [1.54, 1.807) is 24.2 Å². The summed E-state index contributed by atoms with van der Waals surface area (Å²) in [5.74, 6) is 0. The minimum atomic E-state index is -0.450. The minimum absolute atomic E-state index is 0.188. The molecule has 0 saturated carbocycles. The zero-order valence-electron chi connectivity index (χ0n) is 16.4. The summed E-state index contributed by atoms with van der Waals surface area (Å²) in [4.78, 5) is 22.9. The van der Waals surface area contributed by atoms with Gasteiger partial charge in [-0.05, 0) is 59.1 Å².